The summed E-state index contributed by atoms with van der Waals surface area (Å²) in [7, 11) is 0. The van der Waals surface area contributed by atoms with Gasteiger partial charge in [0, 0.05) is 0 Å². The van der Waals surface area contributed by atoms with Crippen LogP contribution in [0.15, 0.2) is 0 Å². The van der Waals surface area contributed by atoms with E-state index < -0.39 is 63.7 Å². The third-order valence-corrected chi connectivity index (χ3v) is 3.37. The molecule has 176 valence electrons. The molecule has 0 radical (unpaired) electrons. The van der Waals surface area contributed by atoms with Crippen LogP contribution in [-0.2, 0) is 11.3 Å². The van der Waals surface area contributed by atoms with Gasteiger partial charge in [-0.05, 0) is 0 Å². The first-order valence-corrected chi connectivity index (χ1v) is 6.87. The maximum atomic E-state index is 13.1. The van der Waals surface area contributed by atoms with Gasteiger partial charge in [0.15, 0.2) is 0 Å². The minimum atomic E-state index is -8.74. The van der Waals surface area contributed by atoms with E-state index in [1.807, 2.05) is 0 Å². The van der Waals surface area contributed by atoms with Crippen molar-refractivity contribution in [2.24, 2.45) is 0 Å². The molecule has 0 aromatic carbocycles. The predicted octanol–water partition coefficient (Wildman–Crippen LogP) is 4.68. The molecule has 0 saturated heterocycles. The van der Waals surface area contributed by atoms with E-state index in [1.54, 1.807) is 0 Å². The minimum Gasteiger partial charge on any atom is -0.294 e. The molecule has 2 N–H and O–H groups in total. The molecule has 0 heterocycles. The van der Waals surface area contributed by atoms with Crippen LogP contribution in [0.25, 0.3) is 0 Å². The molecule has 0 aliphatic carbocycles. The van der Waals surface area contributed by atoms with Crippen LogP contribution in [0.2, 0.25) is 0 Å². The third kappa shape index (κ3) is 3.72. The summed E-state index contributed by atoms with van der Waals surface area (Å²) in [5, 5.41) is 0. The van der Waals surface area contributed by atoms with E-state index in [-0.39, 0.29) is 0 Å². The molecule has 0 aliphatic rings. The number of alkyl halides is 17. The first-order chi connectivity index (χ1) is 12.2. The van der Waals surface area contributed by atoms with Gasteiger partial charge in [0.2, 0.25) is 11.3 Å². The Hall–Kier alpha value is -1.12. The minimum absolute atomic E-state index is 0.747. The molecule has 0 rings (SSSR count). The van der Waals surface area contributed by atoms with Gasteiger partial charge < -0.3 is 0 Å². The Balaban J connectivity index is 6.69. The highest BCUT2D eigenvalue weighted by Gasteiger charge is 2.95. The lowest BCUT2D eigenvalue weighted by molar-refractivity contribution is -0.462. The zero-order valence-electron chi connectivity index (χ0n) is 12.2. The monoisotopic (exact) mass is 499 g/mol. The Bertz CT molecular complexity index is 640. The van der Waals surface area contributed by atoms with Crippen molar-refractivity contribution >= 4 is 11.3 Å². The lowest BCUT2D eigenvalue weighted by Gasteiger charge is -2.42. The fourth-order valence-electron chi connectivity index (χ4n) is 1.34. The van der Waals surface area contributed by atoms with Crippen molar-refractivity contribution in [3.05, 3.63) is 0 Å². The van der Waals surface area contributed by atoms with E-state index in [9.17, 15) is 78.8 Å². The van der Waals surface area contributed by atoms with Crippen LogP contribution in [0.3, 0.4) is 0 Å². The van der Waals surface area contributed by atoms with Crippen molar-refractivity contribution in [2.75, 3.05) is 0 Å². The number of nitrogens with one attached hydrogen (secondary N) is 1. The fraction of sp³-hybridized carbons (Fsp3) is 1.00. The Kier molecular flexibility index (Phi) is 6.69. The summed E-state index contributed by atoms with van der Waals surface area (Å²) in [6.45, 7) is 0. The maximum absolute atomic E-state index is 13.1. The molecule has 1 unspecified atom stereocenters. The Morgan fingerprint density at radius 1 is 0.483 bits per heavy atom. The number of hydrogen-bond acceptors (Lipinski definition) is 1. The van der Waals surface area contributed by atoms with Crippen molar-refractivity contribution in [2.45, 2.75) is 47.8 Å². The van der Waals surface area contributed by atoms with Crippen LogP contribution < -0.4 is 4.72 Å². The summed E-state index contributed by atoms with van der Waals surface area (Å²) in [4.78, 5) is 0. The molecular formula is C8H2F17NO2S. The van der Waals surface area contributed by atoms with Gasteiger partial charge in [-0.1, -0.05) is 0 Å². The first kappa shape index (κ1) is 27.9. The number of halogens is 17. The quantitative estimate of drug-likeness (QED) is 0.290. The van der Waals surface area contributed by atoms with Gasteiger partial charge in [0.25, 0.3) is 0 Å². The molecule has 0 bridgehead atoms. The van der Waals surface area contributed by atoms with Gasteiger partial charge in [0.1, 0.15) is 0 Å². The summed E-state index contributed by atoms with van der Waals surface area (Å²) >= 11 is -4.47. The molecule has 1 atom stereocenters. The van der Waals surface area contributed by atoms with Gasteiger partial charge >= 0.3 is 47.8 Å². The van der Waals surface area contributed by atoms with Crippen molar-refractivity contribution in [3.63, 3.8) is 0 Å². The Morgan fingerprint density at radius 3 is 0.966 bits per heavy atom. The number of rotatable bonds is 8. The molecule has 0 fully saturated rings. The van der Waals surface area contributed by atoms with Crippen molar-refractivity contribution in [1.29, 1.82) is 0 Å². The van der Waals surface area contributed by atoms with Crippen LogP contribution in [-0.4, -0.2) is 56.5 Å². The molecule has 0 amide bonds. The molecule has 0 aromatic rings. The largest absolute Gasteiger partial charge is 0.460 e. The molecule has 3 nitrogen and oxygen atoms in total. The van der Waals surface area contributed by atoms with Crippen LogP contribution in [0.4, 0.5) is 74.6 Å². The average molecular weight is 499 g/mol. The van der Waals surface area contributed by atoms with E-state index in [0.29, 0.717) is 0 Å². The summed E-state index contributed by atoms with van der Waals surface area (Å²) in [6, 6.07) is -7.09. The van der Waals surface area contributed by atoms with E-state index in [1.165, 1.54) is 0 Å². The van der Waals surface area contributed by atoms with Crippen LogP contribution in [0.1, 0.15) is 0 Å². The van der Waals surface area contributed by atoms with Crippen LogP contribution in [0.5, 0.6) is 0 Å². The van der Waals surface area contributed by atoms with Crippen LogP contribution >= 0.6 is 0 Å². The Labute approximate surface area is 148 Å². The fourth-order valence-corrected chi connectivity index (χ4v) is 1.69. The molecule has 29 heavy (non-hydrogen) atoms. The summed E-state index contributed by atoms with van der Waals surface area (Å²) < 4.78 is 233. The highest BCUT2D eigenvalue weighted by Crippen LogP contribution is 2.63. The van der Waals surface area contributed by atoms with E-state index in [0.717, 1.165) is 0 Å². The predicted molar refractivity (Wildman–Crippen MR) is 54.6 cm³/mol. The van der Waals surface area contributed by atoms with Crippen molar-refractivity contribution in [1.82, 2.24) is 4.72 Å². The molecule has 0 aliphatic heterocycles. The highest BCUT2D eigenvalue weighted by atomic mass is 32.2. The second-order valence-electron chi connectivity index (χ2n) is 4.87. The van der Waals surface area contributed by atoms with Crippen molar-refractivity contribution < 1.29 is 83.4 Å². The standard InChI is InChI=1S/C8H2F17NO2S/c9-1(10,3(13,14)5(17,18)7(21,22)23)2(11,12)4(15,16)6(19,20)8(24,25)26-29(27)28/h26H,(H,27,28). The van der Waals surface area contributed by atoms with E-state index >= 15 is 0 Å². The van der Waals surface area contributed by atoms with Crippen LogP contribution in [0, 0.1) is 0 Å². The van der Waals surface area contributed by atoms with Gasteiger partial charge in [-0.3, -0.25) is 4.55 Å². The molecular weight excluding hydrogens is 497 g/mol. The Morgan fingerprint density at radius 2 is 0.724 bits per heavy atom. The topological polar surface area (TPSA) is 49.3 Å². The van der Waals surface area contributed by atoms with E-state index in [2.05, 4.69) is 0 Å². The molecule has 0 spiro atoms. The maximum Gasteiger partial charge on any atom is 0.460 e. The highest BCUT2D eigenvalue weighted by molar-refractivity contribution is 7.77. The van der Waals surface area contributed by atoms with Crippen molar-refractivity contribution in [3.8, 4) is 0 Å². The lowest BCUT2D eigenvalue weighted by Crippen LogP contribution is -2.75. The third-order valence-electron chi connectivity index (χ3n) is 2.94. The smallest absolute Gasteiger partial charge is 0.294 e. The SMILES string of the molecule is O=S(O)NC(F)(F)C(F)(F)C(F)(F)C(F)(F)C(F)(F)C(F)(F)C(F)(F)C(F)(F)F. The zero-order valence-corrected chi connectivity index (χ0v) is 13.0. The van der Waals surface area contributed by atoms with Gasteiger partial charge in [-0.15, -0.1) is 4.72 Å². The summed E-state index contributed by atoms with van der Waals surface area (Å²) in [6.07, 6.45) is -7.83. The van der Waals surface area contributed by atoms with Gasteiger partial charge in [0.05, 0.1) is 0 Å². The first-order valence-electron chi connectivity index (χ1n) is 5.77. The van der Waals surface area contributed by atoms with Gasteiger partial charge in [-0.2, -0.15) is 74.6 Å². The summed E-state index contributed by atoms with van der Waals surface area (Å²) in [5.41, 5.74) is 0. The molecule has 21 heteroatoms. The van der Waals surface area contributed by atoms with Gasteiger partial charge in [-0.25, -0.2) is 4.21 Å². The second kappa shape index (κ2) is 6.95. The molecule has 0 saturated carbocycles. The molecule has 0 aromatic heterocycles. The average Bonchev–Trinajstić information content (AvgIpc) is 2.43. The second-order valence-corrected chi connectivity index (χ2v) is 5.57. The summed E-state index contributed by atoms with van der Waals surface area (Å²) in [5.74, 6) is -50.8. The lowest BCUT2D eigenvalue weighted by atomic mass is 9.90. The zero-order chi connectivity index (χ0) is 24.3. The number of hydrogen-bond donors (Lipinski definition) is 2. The normalized spacial score (nSPS) is 17.4. The van der Waals surface area contributed by atoms with E-state index in [4.69, 9.17) is 4.55 Å².